The van der Waals surface area contributed by atoms with Gasteiger partial charge in [-0.2, -0.15) is 0 Å². The van der Waals surface area contributed by atoms with E-state index >= 15 is 0 Å². The van der Waals surface area contributed by atoms with E-state index < -0.39 is 0 Å². The van der Waals surface area contributed by atoms with Crippen molar-refractivity contribution in [2.45, 2.75) is 19.4 Å². The molecule has 0 aliphatic rings. The van der Waals surface area contributed by atoms with E-state index in [1.807, 2.05) is 24.3 Å². The Bertz CT molecular complexity index is 509. The first-order valence-corrected chi connectivity index (χ1v) is 6.22. The lowest BCUT2D eigenvalue weighted by Crippen LogP contribution is -2.18. The van der Waals surface area contributed by atoms with Crippen LogP contribution in [0.25, 0.3) is 0 Å². The van der Waals surface area contributed by atoms with Crippen LogP contribution in [0.2, 0.25) is 0 Å². The SMILES string of the molecule is COc1ccc(NC(C)Cc2ccc(O)cc2)cn1. The van der Waals surface area contributed by atoms with Gasteiger partial charge in [0, 0.05) is 12.1 Å². The topological polar surface area (TPSA) is 54.4 Å². The molecule has 0 bridgehead atoms. The Balaban J connectivity index is 1.92. The van der Waals surface area contributed by atoms with Crippen LogP contribution in [0.15, 0.2) is 42.6 Å². The van der Waals surface area contributed by atoms with Gasteiger partial charge < -0.3 is 15.2 Å². The summed E-state index contributed by atoms with van der Waals surface area (Å²) in [5, 5.41) is 12.6. The Morgan fingerprint density at radius 3 is 2.53 bits per heavy atom. The molecular weight excluding hydrogens is 240 g/mol. The Labute approximate surface area is 113 Å². The maximum atomic E-state index is 9.24. The summed E-state index contributed by atoms with van der Waals surface area (Å²) in [5.41, 5.74) is 2.14. The molecule has 4 nitrogen and oxygen atoms in total. The number of nitrogens with zero attached hydrogens (tertiary/aromatic N) is 1. The molecule has 0 fully saturated rings. The zero-order valence-corrected chi connectivity index (χ0v) is 11.1. The molecule has 1 aromatic carbocycles. The first-order valence-electron chi connectivity index (χ1n) is 6.22. The zero-order chi connectivity index (χ0) is 13.7. The number of methoxy groups -OCH3 is 1. The van der Waals surface area contributed by atoms with Crippen molar-refractivity contribution in [3.8, 4) is 11.6 Å². The molecule has 1 atom stereocenters. The number of hydrogen-bond donors (Lipinski definition) is 2. The highest BCUT2D eigenvalue weighted by molar-refractivity contribution is 5.43. The van der Waals surface area contributed by atoms with Crippen molar-refractivity contribution in [1.82, 2.24) is 4.98 Å². The minimum atomic E-state index is 0.278. The molecule has 1 unspecified atom stereocenters. The van der Waals surface area contributed by atoms with Crippen molar-refractivity contribution in [2.75, 3.05) is 12.4 Å². The molecule has 0 saturated carbocycles. The van der Waals surface area contributed by atoms with Gasteiger partial charge in [0.1, 0.15) is 5.75 Å². The van der Waals surface area contributed by atoms with Crippen molar-refractivity contribution >= 4 is 5.69 Å². The molecule has 2 rings (SSSR count). The van der Waals surface area contributed by atoms with E-state index in [0.717, 1.165) is 12.1 Å². The van der Waals surface area contributed by atoms with E-state index in [0.29, 0.717) is 11.6 Å². The third kappa shape index (κ3) is 3.88. The maximum Gasteiger partial charge on any atom is 0.213 e. The van der Waals surface area contributed by atoms with E-state index in [-0.39, 0.29) is 6.04 Å². The van der Waals surface area contributed by atoms with Gasteiger partial charge in [-0.1, -0.05) is 12.1 Å². The minimum absolute atomic E-state index is 0.278. The average Bonchev–Trinajstić information content (AvgIpc) is 2.42. The van der Waals surface area contributed by atoms with Gasteiger partial charge in [0.2, 0.25) is 5.88 Å². The van der Waals surface area contributed by atoms with Crippen LogP contribution in [0.5, 0.6) is 11.6 Å². The van der Waals surface area contributed by atoms with E-state index in [4.69, 9.17) is 4.74 Å². The summed E-state index contributed by atoms with van der Waals surface area (Å²) in [5.74, 6) is 0.903. The van der Waals surface area contributed by atoms with Gasteiger partial charge >= 0.3 is 0 Å². The first kappa shape index (κ1) is 13.2. The fraction of sp³-hybridized carbons (Fsp3) is 0.267. The molecule has 0 spiro atoms. The smallest absolute Gasteiger partial charge is 0.213 e. The molecule has 0 saturated heterocycles. The van der Waals surface area contributed by atoms with Crippen LogP contribution in [-0.4, -0.2) is 23.2 Å². The lowest BCUT2D eigenvalue weighted by atomic mass is 10.1. The molecule has 2 N–H and O–H groups in total. The Morgan fingerprint density at radius 1 is 1.21 bits per heavy atom. The molecule has 0 aliphatic heterocycles. The molecule has 0 amide bonds. The number of pyridine rings is 1. The van der Waals surface area contributed by atoms with Crippen molar-refractivity contribution in [1.29, 1.82) is 0 Å². The Hall–Kier alpha value is -2.23. The molecule has 0 radical (unpaired) electrons. The van der Waals surface area contributed by atoms with Crippen LogP contribution in [0.1, 0.15) is 12.5 Å². The molecule has 100 valence electrons. The van der Waals surface area contributed by atoms with Crippen molar-refractivity contribution < 1.29 is 9.84 Å². The highest BCUT2D eigenvalue weighted by atomic mass is 16.5. The number of rotatable bonds is 5. The number of aromatic nitrogens is 1. The van der Waals surface area contributed by atoms with Crippen molar-refractivity contribution in [3.05, 3.63) is 48.2 Å². The second-order valence-corrected chi connectivity index (χ2v) is 4.51. The molecule has 4 heteroatoms. The number of nitrogens with one attached hydrogen (secondary N) is 1. The number of benzene rings is 1. The second-order valence-electron chi connectivity index (χ2n) is 4.51. The third-order valence-electron chi connectivity index (χ3n) is 2.84. The van der Waals surface area contributed by atoms with Crippen LogP contribution < -0.4 is 10.1 Å². The number of ether oxygens (including phenoxy) is 1. The number of phenolic OH excluding ortho intramolecular Hbond substituents is 1. The summed E-state index contributed by atoms with van der Waals surface area (Å²) in [4.78, 5) is 4.15. The van der Waals surface area contributed by atoms with Crippen LogP contribution in [0.3, 0.4) is 0 Å². The van der Waals surface area contributed by atoms with Gasteiger partial charge in [-0.05, 0) is 37.1 Å². The van der Waals surface area contributed by atoms with Crippen molar-refractivity contribution in [2.24, 2.45) is 0 Å². The van der Waals surface area contributed by atoms with Crippen LogP contribution in [-0.2, 0) is 6.42 Å². The molecule has 1 aromatic heterocycles. The van der Waals surface area contributed by atoms with E-state index in [2.05, 4.69) is 17.2 Å². The quantitative estimate of drug-likeness (QED) is 0.866. The summed E-state index contributed by atoms with van der Waals surface area (Å²) in [7, 11) is 1.60. The van der Waals surface area contributed by atoms with E-state index in [1.165, 1.54) is 5.56 Å². The highest BCUT2D eigenvalue weighted by Crippen LogP contribution is 2.15. The van der Waals surface area contributed by atoms with Gasteiger partial charge in [0.25, 0.3) is 0 Å². The second kappa shape index (κ2) is 6.09. The lowest BCUT2D eigenvalue weighted by molar-refractivity contribution is 0.398. The van der Waals surface area contributed by atoms with Crippen LogP contribution >= 0.6 is 0 Å². The number of hydrogen-bond acceptors (Lipinski definition) is 4. The Kier molecular flexibility index (Phi) is 4.23. The third-order valence-corrected chi connectivity index (χ3v) is 2.84. The molecule has 2 aromatic rings. The minimum Gasteiger partial charge on any atom is -0.508 e. The molecule has 1 heterocycles. The van der Waals surface area contributed by atoms with Gasteiger partial charge in [0.05, 0.1) is 19.0 Å². The van der Waals surface area contributed by atoms with Gasteiger partial charge in [-0.25, -0.2) is 4.98 Å². The number of aromatic hydroxyl groups is 1. The van der Waals surface area contributed by atoms with Gasteiger partial charge in [0.15, 0.2) is 0 Å². The summed E-state index contributed by atoms with van der Waals surface area (Å²) < 4.78 is 5.02. The number of phenols is 1. The standard InChI is InChI=1S/C15H18N2O2/c1-11(9-12-3-6-14(18)7-4-12)17-13-5-8-15(19-2)16-10-13/h3-8,10-11,17-18H,9H2,1-2H3. The number of anilines is 1. The maximum absolute atomic E-state index is 9.24. The summed E-state index contributed by atoms with van der Waals surface area (Å²) in [6.45, 7) is 2.11. The fourth-order valence-corrected chi connectivity index (χ4v) is 1.91. The lowest BCUT2D eigenvalue weighted by Gasteiger charge is -2.15. The van der Waals surface area contributed by atoms with Crippen LogP contribution in [0, 0.1) is 0 Å². The van der Waals surface area contributed by atoms with Crippen LogP contribution in [0.4, 0.5) is 5.69 Å². The highest BCUT2D eigenvalue weighted by Gasteiger charge is 2.04. The van der Waals surface area contributed by atoms with E-state index in [1.54, 1.807) is 25.4 Å². The molecule has 0 aliphatic carbocycles. The van der Waals surface area contributed by atoms with Crippen molar-refractivity contribution in [3.63, 3.8) is 0 Å². The average molecular weight is 258 g/mol. The predicted octanol–water partition coefficient (Wildman–Crippen LogP) is 2.84. The van der Waals surface area contributed by atoms with Gasteiger partial charge in [-0.15, -0.1) is 0 Å². The largest absolute Gasteiger partial charge is 0.508 e. The summed E-state index contributed by atoms with van der Waals surface area (Å²) in [6, 6.07) is 11.3. The summed E-state index contributed by atoms with van der Waals surface area (Å²) >= 11 is 0. The normalized spacial score (nSPS) is 11.9. The molecule has 19 heavy (non-hydrogen) atoms. The summed E-state index contributed by atoms with van der Waals surface area (Å²) in [6.07, 6.45) is 2.64. The first-order chi connectivity index (χ1) is 9.17. The predicted molar refractivity (Wildman–Crippen MR) is 75.7 cm³/mol. The fourth-order valence-electron chi connectivity index (χ4n) is 1.91. The molecular formula is C15H18N2O2. The monoisotopic (exact) mass is 258 g/mol. The van der Waals surface area contributed by atoms with Gasteiger partial charge in [-0.3, -0.25) is 0 Å². The Morgan fingerprint density at radius 2 is 1.95 bits per heavy atom. The van der Waals surface area contributed by atoms with E-state index in [9.17, 15) is 5.11 Å². The zero-order valence-electron chi connectivity index (χ0n) is 11.1.